The first-order valence-corrected chi connectivity index (χ1v) is 14.4. The fourth-order valence-electron chi connectivity index (χ4n) is 5.89. The van der Waals surface area contributed by atoms with E-state index in [4.69, 9.17) is 29.1 Å². The van der Waals surface area contributed by atoms with Gasteiger partial charge in [-0.05, 0) is 95.6 Å². The quantitative estimate of drug-likeness (QED) is 0.175. The lowest BCUT2D eigenvalue weighted by atomic mass is 9.85. The predicted molar refractivity (Wildman–Crippen MR) is 204 cm³/mol. The van der Waals surface area contributed by atoms with Crippen LogP contribution in [-0.4, -0.2) is 0 Å². The van der Waals surface area contributed by atoms with Gasteiger partial charge in [0.05, 0.1) is 38.4 Å². The normalized spacial score (nSPS) is 20.0. The molecule has 0 aliphatic heterocycles. The number of furan rings is 1. The second-order valence-corrected chi connectivity index (χ2v) is 10.6. The van der Waals surface area contributed by atoms with Crippen molar-refractivity contribution in [3.05, 3.63) is 180 Å². The maximum Gasteiger partial charge on any atom is 0.143 e. The molecule has 0 unspecified atom stereocenters. The summed E-state index contributed by atoms with van der Waals surface area (Å²) >= 11 is 0. The highest BCUT2D eigenvalue weighted by atomic mass is 16.3. The minimum atomic E-state index is -0.955. The van der Waals surface area contributed by atoms with Crippen LogP contribution < -0.4 is 0 Å². The SMILES string of the molecule is [2H]c1c([2H])c(-c2c([2H])c([2H])c3oc4c5c([2H])c([2H])c([2H])c([2H])c5c([2H])c([2H])c4c3c2[2H])c([2H])c([2H])c1Cc1c2c([2H])c([2H])c([2H])c([2H])c2c(-c2c([2H])c([2H])c([2H])c3c([2H])c([2H])c([2H])c([2H])c23)c2c([2H])c([2H])c([2H])c([2H])c12. The summed E-state index contributed by atoms with van der Waals surface area (Å²) in [6.07, 6.45) is -0.930. The highest BCUT2D eigenvalue weighted by molar-refractivity contribution is 6.19. The Morgan fingerprint density at radius 2 is 1.00 bits per heavy atom. The molecule has 0 saturated carbocycles. The zero-order valence-electron chi connectivity index (χ0n) is 52.1. The molecule has 0 saturated heterocycles. The Labute approximate surface area is 317 Å². The van der Waals surface area contributed by atoms with Gasteiger partial charge >= 0.3 is 0 Å². The topological polar surface area (TPSA) is 13.1 Å². The maximum atomic E-state index is 9.43. The summed E-state index contributed by atoms with van der Waals surface area (Å²) in [5, 5.41) is -5.13. The van der Waals surface area contributed by atoms with Crippen LogP contribution in [0.1, 0.15) is 49.5 Å². The van der Waals surface area contributed by atoms with Crippen molar-refractivity contribution < 1.29 is 42.8 Å². The van der Waals surface area contributed by atoms with E-state index in [2.05, 4.69) is 0 Å². The zero-order valence-corrected chi connectivity index (χ0v) is 24.1. The average Bonchev–Trinajstić information content (AvgIpc) is 3.85. The molecule has 224 valence electrons. The van der Waals surface area contributed by atoms with E-state index in [0.29, 0.717) is 0 Å². The second-order valence-electron chi connectivity index (χ2n) is 10.6. The smallest absolute Gasteiger partial charge is 0.143 e. The van der Waals surface area contributed by atoms with Crippen molar-refractivity contribution in [2.45, 2.75) is 6.42 Å². The summed E-state index contributed by atoms with van der Waals surface area (Å²) in [6.45, 7) is 0. The number of rotatable bonds is 4. The van der Waals surface area contributed by atoms with Crippen molar-refractivity contribution in [2.75, 3.05) is 0 Å². The van der Waals surface area contributed by atoms with Gasteiger partial charge < -0.3 is 4.42 Å². The molecular weight excluding hydrogens is 581 g/mol. The van der Waals surface area contributed by atoms with Crippen molar-refractivity contribution in [2.24, 2.45) is 0 Å². The summed E-state index contributed by atoms with van der Waals surface area (Å²) in [6, 6.07) is -23.8. The molecule has 10 aromatic rings. The summed E-state index contributed by atoms with van der Waals surface area (Å²) in [5.41, 5.74) is -4.69. The minimum Gasteiger partial charge on any atom is -0.455 e. The van der Waals surface area contributed by atoms with Crippen LogP contribution in [0.4, 0.5) is 0 Å². The van der Waals surface area contributed by atoms with E-state index in [1.54, 1.807) is 0 Å². The molecule has 0 aliphatic rings. The van der Waals surface area contributed by atoms with Crippen LogP contribution in [0.5, 0.6) is 0 Å². The number of benzene rings is 9. The van der Waals surface area contributed by atoms with Gasteiger partial charge in [-0.2, -0.15) is 0 Å². The van der Waals surface area contributed by atoms with Gasteiger partial charge in [0, 0.05) is 16.2 Å². The van der Waals surface area contributed by atoms with Crippen molar-refractivity contribution in [1.29, 1.82) is 0 Å². The molecule has 0 atom stereocenters. The molecule has 0 spiro atoms. The molecule has 0 bridgehead atoms. The third kappa shape index (κ3) is 4.18. The van der Waals surface area contributed by atoms with Crippen LogP contribution in [0.25, 0.3) is 87.3 Å². The Morgan fingerprint density at radius 1 is 0.417 bits per heavy atom. The maximum absolute atomic E-state index is 9.43. The zero-order chi connectivity index (χ0) is 56.0. The summed E-state index contributed by atoms with van der Waals surface area (Å²) < 4.78 is 256. The van der Waals surface area contributed by atoms with Crippen molar-refractivity contribution in [3.63, 3.8) is 0 Å². The Morgan fingerprint density at radius 3 is 1.73 bits per heavy atom. The van der Waals surface area contributed by atoms with Crippen LogP contribution >= 0.6 is 0 Å². The summed E-state index contributed by atoms with van der Waals surface area (Å²) in [4.78, 5) is 0. The lowest BCUT2D eigenvalue weighted by Crippen LogP contribution is -1.96. The monoisotopic (exact) mass is 638 g/mol. The standard InChI is InChI=1S/C47H30O/c1-3-13-35-32(10-1)12-9-19-39(35)46-40-17-7-5-15-37(40)43(38-16-6-8-18-41(38)46)28-30-20-22-31(23-21-30)34-25-27-45-44(29-34)42-26-24-33-11-2-4-14-36(33)47(42)48-45/h1-27,29H,28H2/i1D,2D,3D,4D,5D,6D,7D,8D,9D,10D,11D,12D,13D,14D,15D,16D,17D,18D,19D,20D,21D,22D,23D,24D,25D,26D,27D,29D. The lowest BCUT2D eigenvalue weighted by Gasteiger charge is -2.18. The molecule has 48 heavy (non-hydrogen) atoms. The van der Waals surface area contributed by atoms with E-state index in [-0.39, 0.29) is 10.8 Å². The Hall–Kier alpha value is -6.18. The fraction of sp³-hybridized carbons (Fsp3) is 0.0213. The van der Waals surface area contributed by atoms with Crippen LogP contribution in [0.2, 0.25) is 0 Å². The first-order chi connectivity index (χ1) is 35.5. The van der Waals surface area contributed by atoms with Gasteiger partial charge in [0.25, 0.3) is 0 Å². The summed E-state index contributed by atoms with van der Waals surface area (Å²) in [7, 11) is 0. The molecule has 1 nitrogen and oxygen atoms in total. The number of hydrogen-bond acceptors (Lipinski definition) is 1. The van der Waals surface area contributed by atoms with Gasteiger partial charge in [0.1, 0.15) is 11.2 Å². The molecule has 9 aromatic carbocycles. The van der Waals surface area contributed by atoms with Gasteiger partial charge in [-0.15, -0.1) is 0 Å². The van der Waals surface area contributed by atoms with E-state index in [9.17, 15) is 13.7 Å². The van der Waals surface area contributed by atoms with Crippen molar-refractivity contribution in [3.8, 4) is 22.3 Å². The molecule has 0 radical (unpaired) electrons. The molecule has 1 heteroatoms. The molecule has 0 N–H and O–H groups in total. The van der Waals surface area contributed by atoms with E-state index in [1.807, 2.05) is 0 Å². The van der Waals surface area contributed by atoms with Gasteiger partial charge in [-0.3, -0.25) is 0 Å². The highest BCUT2D eigenvalue weighted by Gasteiger charge is 2.17. The molecule has 10 rings (SSSR count). The Kier molecular flexibility index (Phi) is 2.50. The molecule has 1 heterocycles. The molecule has 1 aromatic heterocycles. The van der Waals surface area contributed by atoms with Crippen LogP contribution in [0, 0.1) is 0 Å². The molecule has 0 amide bonds. The third-order valence-electron chi connectivity index (χ3n) is 8.01. The van der Waals surface area contributed by atoms with Gasteiger partial charge in [0.15, 0.2) is 0 Å². The van der Waals surface area contributed by atoms with E-state index < -0.39 is 263 Å². The second kappa shape index (κ2) is 10.7. The number of hydrogen-bond donors (Lipinski definition) is 0. The van der Waals surface area contributed by atoms with Crippen molar-refractivity contribution in [1.82, 2.24) is 0 Å². The van der Waals surface area contributed by atoms with E-state index in [1.165, 1.54) is 0 Å². The predicted octanol–water partition coefficient (Wildman–Crippen LogP) is 13.1. The molecule has 0 aliphatic carbocycles. The van der Waals surface area contributed by atoms with Crippen LogP contribution in [0.3, 0.4) is 0 Å². The largest absolute Gasteiger partial charge is 0.455 e. The first-order valence-electron chi connectivity index (χ1n) is 28.4. The fourth-order valence-corrected chi connectivity index (χ4v) is 5.89. The van der Waals surface area contributed by atoms with Crippen molar-refractivity contribution >= 4 is 65.0 Å². The van der Waals surface area contributed by atoms with Crippen LogP contribution in [-0.2, 0) is 6.42 Å². The van der Waals surface area contributed by atoms with Crippen LogP contribution in [0.15, 0.2) is 174 Å². The molecular formula is C47H30O. The summed E-state index contributed by atoms with van der Waals surface area (Å²) in [5.74, 6) is 0. The van der Waals surface area contributed by atoms with E-state index in [0.717, 1.165) is 0 Å². The van der Waals surface area contributed by atoms with Gasteiger partial charge in [-0.25, -0.2) is 0 Å². The molecule has 0 fully saturated rings. The average molecular weight is 639 g/mol. The Balaban J connectivity index is 1.33. The lowest BCUT2D eigenvalue weighted by molar-refractivity contribution is 0.672. The van der Waals surface area contributed by atoms with Gasteiger partial charge in [-0.1, -0.05) is 151 Å². The first kappa shape index (κ1) is 11.2. The minimum absolute atomic E-state index is 0.366. The van der Waals surface area contributed by atoms with E-state index >= 15 is 0 Å². The number of fused-ring (bicyclic) bond motifs is 8. The third-order valence-corrected chi connectivity index (χ3v) is 8.01. The Bertz CT molecular complexity index is 4340. The highest BCUT2D eigenvalue weighted by Crippen LogP contribution is 2.43. The van der Waals surface area contributed by atoms with Gasteiger partial charge in [0.2, 0.25) is 0 Å².